The van der Waals surface area contributed by atoms with Gasteiger partial charge in [-0.3, -0.25) is 4.90 Å². The van der Waals surface area contributed by atoms with Crippen molar-refractivity contribution in [2.45, 2.75) is 33.2 Å². The first-order valence-corrected chi connectivity index (χ1v) is 8.48. The zero-order chi connectivity index (χ0) is 17.1. The van der Waals surface area contributed by atoms with Crippen molar-refractivity contribution in [1.29, 1.82) is 0 Å². The summed E-state index contributed by atoms with van der Waals surface area (Å²) in [5.41, 5.74) is 3.64. The smallest absolute Gasteiger partial charge is 0.230 e. The average molecular weight is 367 g/mol. The fourth-order valence-corrected chi connectivity index (χ4v) is 3.00. The zero-order valence-corrected chi connectivity index (χ0v) is 16.2. The Hall–Kier alpha value is -1.63. The molecule has 0 bridgehead atoms. The predicted molar refractivity (Wildman–Crippen MR) is 99.6 cm³/mol. The highest BCUT2D eigenvalue weighted by Crippen LogP contribution is 2.23. The van der Waals surface area contributed by atoms with Crippen LogP contribution in [0.15, 0.2) is 16.7 Å². The van der Waals surface area contributed by atoms with Gasteiger partial charge in [0.15, 0.2) is 5.82 Å². The Balaban J connectivity index is 0.00000225. The van der Waals surface area contributed by atoms with Crippen molar-refractivity contribution in [2.24, 2.45) is 0 Å². The Morgan fingerprint density at radius 1 is 1.32 bits per heavy atom. The highest BCUT2D eigenvalue weighted by molar-refractivity contribution is 5.85. The van der Waals surface area contributed by atoms with E-state index in [0.717, 1.165) is 31.2 Å². The quantitative estimate of drug-likeness (QED) is 0.877. The summed E-state index contributed by atoms with van der Waals surface area (Å²) in [6.07, 6.45) is 0.614. The first-order valence-electron chi connectivity index (χ1n) is 8.48. The predicted octanol–water partition coefficient (Wildman–Crippen LogP) is 2.61. The third-order valence-electron chi connectivity index (χ3n) is 4.63. The number of hydrogen-bond donors (Lipinski definition) is 1. The number of benzene rings is 1. The van der Waals surface area contributed by atoms with E-state index < -0.39 is 0 Å². The van der Waals surface area contributed by atoms with Crippen LogP contribution >= 0.6 is 12.4 Å². The Morgan fingerprint density at radius 3 is 2.88 bits per heavy atom. The van der Waals surface area contributed by atoms with Crippen molar-refractivity contribution in [3.05, 3.63) is 40.5 Å². The number of nitrogens with zero attached hydrogens (tertiary/aromatic N) is 3. The maximum atomic E-state index is 5.93. The summed E-state index contributed by atoms with van der Waals surface area (Å²) in [4.78, 5) is 6.78. The van der Waals surface area contributed by atoms with Gasteiger partial charge in [0, 0.05) is 19.6 Å². The molecule has 0 radical (unpaired) electrons. The second kappa shape index (κ2) is 8.65. The van der Waals surface area contributed by atoms with Gasteiger partial charge in [0.2, 0.25) is 5.89 Å². The van der Waals surface area contributed by atoms with Gasteiger partial charge in [-0.25, -0.2) is 0 Å². The molecule has 2 aromatic rings. The summed E-state index contributed by atoms with van der Waals surface area (Å²) in [5.74, 6) is 2.32. The molecule has 138 valence electrons. The van der Waals surface area contributed by atoms with Gasteiger partial charge in [0.25, 0.3) is 0 Å². The molecule has 1 aromatic heterocycles. The van der Waals surface area contributed by atoms with Crippen LogP contribution in [0.1, 0.15) is 34.4 Å². The van der Waals surface area contributed by atoms with E-state index in [1.54, 1.807) is 0 Å². The second-order valence-corrected chi connectivity index (χ2v) is 6.55. The first kappa shape index (κ1) is 19.7. The largest absolute Gasteiger partial charge is 0.493 e. The third-order valence-corrected chi connectivity index (χ3v) is 4.63. The molecule has 25 heavy (non-hydrogen) atoms. The van der Waals surface area contributed by atoms with Crippen LogP contribution < -0.4 is 10.1 Å². The number of hydrogen-bond acceptors (Lipinski definition) is 6. The van der Waals surface area contributed by atoms with Crippen molar-refractivity contribution >= 4 is 12.4 Å². The van der Waals surface area contributed by atoms with Gasteiger partial charge in [0.1, 0.15) is 5.75 Å². The summed E-state index contributed by atoms with van der Waals surface area (Å²) in [5, 5.41) is 7.50. The number of aromatic nitrogens is 2. The SMILES string of the molecule is Cc1cc(C)c(C)c(OCCc2nc(C3CNCCN3C)no2)c1.Cl. The van der Waals surface area contributed by atoms with E-state index in [4.69, 9.17) is 9.26 Å². The molecular formula is C18H27ClN4O2. The van der Waals surface area contributed by atoms with E-state index in [9.17, 15) is 0 Å². The molecule has 1 N–H and O–H groups in total. The lowest BCUT2D eigenvalue weighted by Crippen LogP contribution is -2.44. The Morgan fingerprint density at radius 2 is 2.12 bits per heavy atom. The third kappa shape index (κ3) is 4.71. The van der Waals surface area contributed by atoms with Gasteiger partial charge >= 0.3 is 0 Å². The molecule has 1 unspecified atom stereocenters. The van der Waals surface area contributed by atoms with Gasteiger partial charge < -0.3 is 14.6 Å². The van der Waals surface area contributed by atoms with E-state index in [1.165, 1.54) is 16.7 Å². The van der Waals surface area contributed by atoms with E-state index in [2.05, 4.69) is 60.3 Å². The molecule has 0 saturated carbocycles. The van der Waals surface area contributed by atoms with Gasteiger partial charge in [-0.05, 0) is 50.6 Å². The molecule has 1 aliphatic rings. The Kier molecular flexibility index (Phi) is 6.81. The summed E-state index contributed by atoms with van der Waals surface area (Å²) >= 11 is 0. The van der Waals surface area contributed by atoms with Crippen LogP contribution in [0.5, 0.6) is 5.75 Å². The number of ether oxygens (including phenoxy) is 1. The number of halogens is 1. The normalized spacial score (nSPS) is 18.0. The van der Waals surface area contributed by atoms with Crippen molar-refractivity contribution in [3.63, 3.8) is 0 Å². The molecule has 2 heterocycles. The second-order valence-electron chi connectivity index (χ2n) is 6.55. The molecule has 1 aliphatic heterocycles. The fourth-order valence-electron chi connectivity index (χ4n) is 3.00. The maximum absolute atomic E-state index is 5.93. The summed E-state index contributed by atoms with van der Waals surface area (Å²) in [7, 11) is 2.09. The summed E-state index contributed by atoms with van der Waals surface area (Å²) < 4.78 is 11.3. The molecule has 0 amide bonds. The fraction of sp³-hybridized carbons (Fsp3) is 0.556. The maximum Gasteiger partial charge on any atom is 0.230 e. The lowest BCUT2D eigenvalue weighted by atomic mass is 10.1. The van der Waals surface area contributed by atoms with Gasteiger partial charge in [-0.15, -0.1) is 12.4 Å². The van der Waals surface area contributed by atoms with Crippen LogP contribution in [0.25, 0.3) is 0 Å². The lowest BCUT2D eigenvalue weighted by Gasteiger charge is -2.30. The van der Waals surface area contributed by atoms with Crippen LogP contribution in [0.3, 0.4) is 0 Å². The van der Waals surface area contributed by atoms with Crippen LogP contribution in [-0.4, -0.2) is 48.3 Å². The number of aryl methyl sites for hydroxylation is 2. The van der Waals surface area contributed by atoms with Crippen molar-refractivity contribution in [3.8, 4) is 5.75 Å². The first-order chi connectivity index (χ1) is 11.5. The van der Waals surface area contributed by atoms with Gasteiger partial charge in [-0.2, -0.15) is 4.98 Å². The Bertz CT molecular complexity index is 704. The average Bonchev–Trinajstić information content (AvgIpc) is 3.01. The minimum absolute atomic E-state index is 0. The molecule has 1 atom stereocenters. The standard InChI is InChI=1S/C18H26N4O2.ClH/c1-12-9-13(2)14(3)16(10-12)23-8-5-17-20-18(21-24-17)15-11-19-6-7-22(15)4;/h9-10,15,19H,5-8,11H2,1-4H3;1H. The molecule has 0 aliphatic carbocycles. The van der Waals surface area contributed by atoms with E-state index in [1.807, 2.05) is 0 Å². The molecule has 1 aromatic carbocycles. The van der Waals surface area contributed by atoms with E-state index in [0.29, 0.717) is 18.9 Å². The molecule has 1 saturated heterocycles. The Labute approximate surface area is 155 Å². The van der Waals surface area contributed by atoms with Crippen LogP contribution in [0.4, 0.5) is 0 Å². The monoisotopic (exact) mass is 366 g/mol. The highest BCUT2D eigenvalue weighted by atomic mass is 35.5. The van der Waals surface area contributed by atoms with Crippen molar-refractivity contribution < 1.29 is 9.26 Å². The number of rotatable bonds is 5. The number of nitrogens with one attached hydrogen (secondary N) is 1. The lowest BCUT2D eigenvalue weighted by molar-refractivity contribution is 0.190. The summed E-state index contributed by atoms with van der Waals surface area (Å²) in [6, 6.07) is 4.42. The van der Waals surface area contributed by atoms with Crippen LogP contribution in [0, 0.1) is 20.8 Å². The topological polar surface area (TPSA) is 63.4 Å². The molecular weight excluding hydrogens is 340 g/mol. The highest BCUT2D eigenvalue weighted by Gasteiger charge is 2.25. The molecule has 7 heteroatoms. The van der Waals surface area contributed by atoms with Gasteiger partial charge in [0.05, 0.1) is 19.1 Å². The molecule has 3 rings (SSSR count). The van der Waals surface area contributed by atoms with E-state index >= 15 is 0 Å². The van der Waals surface area contributed by atoms with Crippen molar-refractivity contribution in [2.75, 3.05) is 33.3 Å². The minimum Gasteiger partial charge on any atom is -0.493 e. The van der Waals surface area contributed by atoms with Crippen LogP contribution in [0.2, 0.25) is 0 Å². The molecule has 6 nitrogen and oxygen atoms in total. The van der Waals surface area contributed by atoms with Crippen molar-refractivity contribution in [1.82, 2.24) is 20.4 Å². The van der Waals surface area contributed by atoms with E-state index in [-0.39, 0.29) is 18.4 Å². The minimum atomic E-state index is 0. The summed E-state index contributed by atoms with van der Waals surface area (Å²) in [6.45, 7) is 9.65. The van der Waals surface area contributed by atoms with Crippen LogP contribution in [-0.2, 0) is 6.42 Å². The van der Waals surface area contributed by atoms with Gasteiger partial charge in [-0.1, -0.05) is 11.2 Å². The molecule has 0 spiro atoms. The molecule has 1 fully saturated rings. The zero-order valence-electron chi connectivity index (χ0n) is 15.3. The number of likely N-dealkylation sites (N-methyl/N-ethyl adjacent to an activating group) is 1. The number of piperazine rings is 1.